The van der Waals surface area contributed by atoms with E-state index in [0.717, 1.165) is 0 Å². The molecule has 0 bridgehead atoms. The number of halogens is 2. The minimum Gasteiger partial charge on any atom is -0.380 e. The Morgan fingerprint density at radius 2 is 1.39 bits per heavy atom. The Bertz CT molecular complexity index is 506. The van der Waals surface area contributed by atoms with Gasteiger partial charge in [0.2, 0.25) is 0 Å². The molecule has 0 radical (unpaired) electrons. The van der Waals surface area contributed by atoms with Gasteiger partial charge in [-0.1, -0.05) is 31.2 Å². The molecular weight excluding hydrogens is 234 g/mol. The van der Waals surface area contributed by atoms with Crippen LogP contribution in [-0.4, -0.2) is 5.11 Å². The van der Waals surface area contributed by atoms with E-state index < -0.39 is 17.2 Å². The molecule has 0 heterocycles. The third-order valence-corrected chi connectivity index (χ3v) is 3.12. The van der Waals surface area contributed by atoms with Crippen molar-refractivity contribution in [2.24, 2.45) is 0 Å². The average Bonchev–Trinajstić information content (AvgIpc) is 2.38. The van der Waals surface area contributed by atoms with Gasteiger partial charge in [-0.15, -0.1) is 0 Å². The third kappa shape index (κ3) is 2.27. The predicted molar refractivity (Wildman–Crippen MR) is 66.1 cm³/mol. The van der Waals surface area contributed by atoms with Crippen LogP contribution in [0, 0.1) is 11.6 Å². The average molecular weight is 248 g/mol. The summed E-state index contributed by atoms with van der Waals surface area (Å²) in [5.41, 5.74) is -0.518. The number of hydrogen-bond donors (Lipinski definition) is 1. The zero-order valence-electron chi connectivity index (χ0n) is 10.0. The van der Waals surface area contributed by atoms with Crippen LogP contribution in [0.5, 0.6) is 0 Å². The summed E-state index contributed by atoms with van der Waals surface area (Å²) in [5, 5.41) is 10.7. The van der Waals surface area contributed by atoms with Gasteiger partial charge in [-0.2, -0.15) is 0 Å². The molecule has 0 aliphatic rings. The van der Waals surface area contributed by atoms with Crippen molar-refractivity contribution in [2.75, 3.05) is 0 Å². The molecule has 0 aromatic heterocycles. The van der Waals surface area contributed by atoms with Gasteiger partial charge in [0.15, 0.2) is 0 Å². The van der Waals surface area contributed by atoms with Crippen LogP contribution in [0.3, 0.4) is 0 Å². The van der Waals surface area contributed by atoms with Crippen molar-refractivity contribution in [3.63, 3.8) is 0 Å². The molecule has 0 unspecified atom stereocenters. The largest absolute Gasteiger partial charge is 0.380 e. The topological polar surface area (TPSA) is 20.2 Å². The van der Waals surface area contributed by atoms with E-state index in [1.807, 2.05) is 0 Å². The predicted octanol–water partition coefficient (Wildman–Crippen LogP) is 3.61. The molecule has 2 aromatic rings. The van der Waals surface area contributed by atoms with Crippen molar-refractivity contribution < 1.29 is 13.9 Å². The molecule has 3 heteroatoms. The number of aliphatic hydroxyl groups is 1. The van der Waals surface area contributed by atoms with E-state index >= 15 is 0 Å². The smallest absolute Gasteiger partial charge is 0.123 e. The lowest BCUT2D eigenvalue weighted by molar-refractivity contribution is 0.0758. The summed E-state index contributed by atoms with van der Waals surface area (Å²) in [4.78, 5) is 0. The second kappa shape index (κ2) is 4.86. The second-order valence-corrected chi connectivity index (χ2v) is 4.23. The van der Waals surface area contributed by atoms with Crippen LogP contribution >= 0.6 is 0 Å². The molecule has 0 amide bonds. The Labute approximate surface area is 105 Å². The molecule has 2 rings (SSSR count). The highest BCUT2D eigenvalue weighted by atomic mass is 19.1. The van der Waals surface area contributed by atoms with Crippen LogP contribution in [0.2, 0.25) is 0 Å². The molecule has 0 spiro atoms. The van der Waals surface area contributed by atoms with E-state index in [2.05, 4.69) is 0 Å². The first-order valence-corrected chi connectivity index (χ1v) is 5.80. The van der Waals surface area contributed by atoms with Crippen molar-refractivity contribution in [3.05, 3.63) is 71.3 Å². The summed E-state index contributed by atoms with van der Waals surface area (Å²) in [7, 11) is 0. The van der Waals surface area contributed by atoms with Gasteiger partial charge < -0.3 is 5.11 Å². The van der Waals surface area contributed by atoms with Gasteiger partial charge in [0.1, 0.15) is 17.2 Å². The van der Waals surface area contributed by atoms with E-state index in [1.165, 1.54) is 36.4 Å². The second-order valence-electron chi connectivity index (χ2n) is 4.23. The van der Waals surface area contributed by atoms with Gasteiger partial charge in [-0.3, -0.25) is 0 Å². The summed E-state index contributed by atoms with van der Waals surface area (Å²) >= 11 is 0. The molecular formula is C15H14F2O. The molecule has 1 nitrogen and oxygen atoms in total. The fourth-order valence-corrected chi connectivity index (χ4v) is 2.07. The van der Waals surface area contributed by atoms with Crippen LogP contribution in [0.15, 0.2) is 48.5 Å². The fourth-order valence-electron chi connectivity index (χ4n) is 2.07. The lowest BCUT2D eigenvalue weighted by Gasteiger charge is -2.28. The van der Waals surface area contributed by atoms with Crippen molar-refractivity contribution in [3.8, 4) is 0 Å². The highest BCUT2D eigenvalue weighted by molar-refractivity contribution is 5.36. The van der Waals surface area contributed by atoms with E-state index in [9.17, 15) is 13.9 Å². The fraction of sp³-hybridized carbons (Fsp3) is 0.200. The van der Waals surface area contributed by atoms with Crippen LogP contribution in [-0.2, 0) is 5.60 Å². The molecule has 18 heavy (non-hydrogen) atoms. The summed E-state index contributed by atoms with van der Waals surface area (Å²) in [6.45, 7) is 1.77. The molecule has 0 fully saturated rings. The van der Waals surface area contributed by atoms with Gasteiger partial charge in [-0.05, 0) is 41.8 Å². The van der Waals surface area contributed by atoms with E-state index in [1.54, 1.807) is 19.1 Å². The molecule has 0 saturated heterocycles. The van der Waals surface area contributed by atoms with E-state index in [4.69, 9.17) is 0 Å². The van der Waals surface area contributed by atoms with Gasteiger partial charge in [0.05, 0.1) is 0 Å². The Morgan fingerprint density at radius 1 is 0.944 bits per heavy atom. The van der Waals surface area contributed by atoms with Crippen molar-refractivity contribution in [1.82, 2.24) is 0 Å². The summed E-state index contributed by atoms with van der Waals surface area (Å²) in [6.07, 6.45) is 0.333. The molecule has 0 saturated carbocycles. The lowest BCUT2D eigenvalue weighted by atomic mass is 9.84. The first-order chi connectivity index (χ1) is 8.56. The summed E-state index contributed by atoms with van der Waals surface area (Å²) < 4.78 is 26.5. The van der Waals surface area contributed by atoms with Gasteiger partial charge in [0.25, 0.3) is 0 Å². The summed E-state index contributed by atoms with van der Waals surface area (Å²) in [5.74, 6) is -0.841. The first-order valence-electron chi connectivity index (χ1n) is 5.80. The molecule has 1 N–H and O–H groups in total. The van der Waals surface area contributed by atoms with Crippen LogP contribution in [0.1, 0.15) is 24.5 Å². The minimum absolute atomic E-state index is 0.333. The van der Waals surface area contributed by atoms with Gasteiger partial charge in [0, 0.05) is 0 Å². The Morgan fingerprint density at radius 3 is 1.72 bits per heavy atom. The maximum atomic E-state index is 13.2. The number of rotatable bonds is 3. The highest BCUT2D eigenvalue weighted by Crippen LogP contribution is 2.33. The van der Waals surface area contributed by atoms with Crippen molar-refractivity contribution in [2.45, 2.75) is 18.9 Å². The molecule has 0 aliphatic heterocycles. The van der Waals surface area contributed by atoms with E-state index in [-0.39, 0.29) is 0 Å². The van der Waals surface area contributed by atoms with Crippen molar-refractivity contribution >= 4 is 0 Å². The Kier molecular flexibility index (Phi) is 3.43. The summed E-state index contributed by atoms with van der Waals surface area (Å²) in [6, 6.07) is 11.5. The maximum Gasteiger partial charge on any atom is 0.123 e. The number of benzene rings is 2. The SMILES string of the molecule is CCC(O)(c1cccc(F)c1)c1cccc(F)c1. The monoisotopic (exact) mass is 248 g/mol. The van der Waals surface area contributed by atoms with Gasteiger partial charge >= 0.3 is 0 Å². The Balaban J connectivity index is 2.54. The Hall–Kier alpha value is -1.74. The molecule has 0 atom stereocenters. The minimum atomic E-state index is -1.37. The third-order valence-electron chi connectivity index (χ3n) is 3.12. The normalized spacial score (nSPS) is 11.6. The van der Waals surface area contributed by atoms with Crippen LogP contribution in [0.25, 0.3) is 0 Å². The number of hydrogen-bond acceptors (Lipinski definition) is 1. The molecule has 2 aromatic carbocycles. The maximum absolute atomic E-state index is 13.2. The highest BCUT2D eigenvalue weighted by Gasteiger charge is 2.30. The zero-order chi connectivity index (χ0) is 13.2. The van der Waals surface area contributed by atoms with Crippen LogP contribution in [0.4, 0.5) is 8.78 Å². The molecule has 0 aliphatic carbocycles. The lowest BCUT2D eigenvalue weighted by Crippen LogP contribution is -2.26. The quantitative estimate of drug-likeness (QED) is 0.879. The van der Waals surface area contributed by atoms with Crippen molar-refractivity contribution in [1.29, 1.82) is 0 Å². The standard InChI is InChI=1S/C15H14F2O/c1-2-15(18,11-5-3-7-13(16)9-11)12-6-4-8-14(17)10-12/h3-10,18H,2H2,1H3. The van der Waals surface area contributed by atoms with E-state index in [0.29, 0.717) is 17.5 Å². The molecule has 94 valence electrons. The first kappa shape index (κ1) is 12.7. The van der Waals surface area contributed by atoms with Gasteiger partial charge in [-0.25, -0.2) is 8.78 Å². The zero-order valence-corrected chi connectivity index (χ0v) is 10.0. The van der Waals surface area contributed by atoms with Crippen LogP contribution < -0.4 is 0 Å².